The van der Waals surface area contributed by atoms with Crippen molar-refractivity contribution in [1.29, 1.82) is 0 Å². The van der Waals surface area contributed by atoms with Gasteiger partial charge >= 0.3 is 5.97 Å². The Morgan fingerprint density at radius 2 is 2.10 bits per heavy atom. The zero-order valence-electron chi connectivity index (χ0n) is 11.1. The van der Waals surface area contributed by atoms with E-state index < -0.39 is 5.97 Å². The van der Waals surface area contributed by atoms with Gasteiger partial charge in [0.15, 0.2) is 0 Å². The van der Waals surface area contributed by atoms with Crippen LogP contribution in [-0.2, 0) is 11.2 Å². The molecule has 2 heterocycles. The number of benzene rings is 1. The molecule has 0 spiro atoms. The van der Waals surface area contributed by atoms with Gasteiger partial charge in [0.25, 0.3) is 0 Å². The lowest BCUT2D eigenvalue weighted by Gasteiger charge is -2.15. The van der Waals surface area contributed by atoms with Gasteiger partial charge in [-0.2, -0.15) is 0 Å². The zero-order valence-corrected chi connectivity index (χ0v) is 11.1. The summed E-state index contributed by atoms with van der Waals surface area (Å²) in [6.45, 7) is 0. The summed E-state index contributed by atoms with van der Waals surface area (Å²) >= 11 is 0. The van der Waals surface area contributed by atoms with Crippen molar-refractivity contribution in [3.05, 3.63) is 35.3 Å². The summed E-state index contributed by atoms with van der Waals surface area (Å²) in [5.41, 5.74) is 3.30. The van der Waals surface area contributed by atoms with Crippen LogP contribution in [-0.4, -0.2) is 15.6 Å². The number of aliphatic carboxylic acids is 1. The van der Waals surface area contributed by atoms with Crippen molar-refractivity contribution in [1.82, 2.24) is 4.57 Å². The Balaban J connectivity index is 1.93. The van der Waals surface area contributed by atoms with Gasteiger partial charge in [-0.25, -0.2) is 4.39 Å². The minimum Gasteiger partial charge on any atom is -0.481 e. The van der Waals surface area contributed by atoms with Crippen LogP contribution in [0.4, 0.5) is 4.39 Å². The van der Waals surface area contributed by atoms with Crippen LogP contribution in [0.5, 0.6) is 0 Å². The van der Waals surface area contributed by atoms with Crippen LogP contribution < -0.4 is 0 Å². The summed E-state index contributed by atoms with van der Waals surface area (Å²) in [4.78, 5) is 11.0. The van der Waals surface area contributed by atoms with Crippen LogP contribution in [0.3, 0.4) is 0 Å². The van der Waals surface area contributed by atoms with Crippen LogP contribution in [0.15, 0.2) is 18.2 Å². The quantitative estimate of drug-likeness (QED) is 0.928. The molecule has 104 valence electrons. The van der Waals surface area contributed by atoms with Crippen LogP contribution in [0.25, 0.3) is 10.9 Å². The topological polar surface area (TPSA) is 42.2 Å². The molecule has 1 unspecified atom stereocenters. The van der Waals surface area contributed by atoms with E-state index in [4.69, 9.17) is 5.11 Å². The first-order chi connectivity index (χ1) is 9.63. The number of halogens is 1. The number of aromatic nitrogens is 1. The van der Waals surface area contributed by atoms with Crippen molar-refractivity contribution in [2.45, 2.75) is 44.1 Å². The van der Waals surface area contributed by atoms with Crippen LogP contribution in [0.2, 0.25) is 0 Å². The van der Waals surface area contributed by atoms with Crippen molar-refractivity contribution in [2.75, 3.05) is 0 Å². The highest BCUT2D eigenvalue weighted by atomic mass is 19.1. The molecule has 0 saturated heterocycles. The molecule has 1 saturated carbocycles. The van der Waals surface area contributed by atoms with E-state index in [1.54, 1.807) is 12.1 Å². The minimum absolute atomic E-state index is 0.0166. The second-order valence-corrected chi connectivity index (χ2v) is 6.00. The Morgan fingerprint density at radius 3 is 2.80 bits per heavy atom. The predicted molar refractivity (Wildman–Crippen MR) is 73.5 cm³/mol. The number of nitrogens with zero attached hydrogens (tertiary/aromatic N) is 1. The van der Waals surface area contributed by atoms with Crippen molar-refractivity contribution in [2.24, 2.45) is 0 Å². The van der Waals surface area contributed by atoms with E-state index >= 15 is 0 Å². The Hall–Kier alpha value is -1.84. The Morgan fingerprint density at radius 1 is 1.30 bits per heavy atom. The van der Waals surface area contributed by atoms with Gasteiger partial charge in [0.2, 0.25) is 0 Å². The normalized spacial score (nSPS) is 21.4. The molecule has 4 heteroatoms. The molecule has 0 radical (unpaired) electrons. The number of rotatable bonds is 3. The molecular formula is C16H16FNO2. The average molecular weight is 273 g/mol. The summed E-state index contributed by atoms with van der Waals surface area (Å²) in [5, 5.41) is 10.00. The summed E-state index contributed by atoms with van der Waals surface area (Å²) in [5.74, 6) is -0.489. The third-order valence-electron chi connectivity index (χ3n) is 4.53. The molecule has 1 aromatic carbocycles. The van der Waals surface area contributed by atoms with Gasteiger partial charge in [-0.15, -0.1) is 0 Å². The molecule has 1 atom stereocenters. The first kappa shape index (κ1) is 11.9. The Labute approximate surface area is 116 Å². The van der Waals surface area contributed by atoms with E-state index in [0.717, 1.165) is 47.8 Å². The molecule has 0 amide bonds. The number of aryl methyl sites for hydroxylation is 1. The highest BCUT2D eigenvalue weighted by Crippen LogP contribution is 2.46. The molecule has 1 aliphatic carbocycles. The molecule has 2 aromatic rings. The summed E-state index contributed by atoms with van der Waals surface area (Å²) in [7, 11) is 0. The molecule has 20 heavy (non-hydrogen) atoms. The van der Waals surface area contributed by atoms with E-state index in [1.165, 1.54) is 0 Å². The van der Waals surface area contributed by atoms with Crippen LogP contribution >= 0.6 is 0 Å². The first-order valence-corrected chi connectivity index (χ1v) is 7.18. The predicted octanol–water partition coefficient (Wildman–Crippen LogP) is 3.62. The van der Waals surface area contributed by atoms with Crippen LogP contribution in [0, 0.1) is 5.82 Å². The summed E-state index contributed by atoms with van der Waals surface area (Å²) < 4.78 is 15.9. The highest BCUT2D eigenvalue weighted by molar-refractivity contribution is 5.86. The first-order valence-electron chi connectivity index (χ1n) is 7.18. The molecule has 0 bridgehead atoms. The fourth-order valence-corrected chi connectivity index (χ4v) is 3.58. The zero-order chi connectivity index (χ0) is 13.9. The second kappa shape index (κ2) is 4.08. The summed E-state index contributed by atoms with van der Waals surface area (Å²) in [6.07, 6.45) is 4.14. The van der Waals surface area contributed by atoms with Gasteiger partial charge in [0.05, 0.1) is 11.9 Å². The second-order valence-electron chi connectivity index (χ2n) is 6.00. The highest BCUT2D eigenvalue weighted by Gasteiger charge is 2.32. The molecule has 1 N–H and O–H groups in total. The minimum atomic E-state index is -0.764. The maximum absolute atomic E-state index is 13.8. The lowest BCUT2D eigenvalue weighted by Crippen LogP contribution is -2.10. The van der Waals surface area contributed by atoms with Gasteiger partial charge in [0.1, 0.15) is 5.82 Å². The van der Waals surface area contributed by atoms with E-state index in [1.807, 2.05) is 6.07 Å². The van der Waals surface area contributed by atoms with E-state index in [0.29, 0.717) is 5.92 Å². The van der Waals surface area contributed by atoms with E-state index in [9.17, 15) is 9.18 Å². The number of fused-ring (bicyclic) bond motifs is 3. The molecular weight excluding hydrogens is 257 g/mol. The maximum Gasteiger partial charge on any atom is 0.305 e. The SMILES string of the molecule is O=C(O)CC1CCc2cc3cc(F)cc(C4CC4)c3n21. The molecule has 1 aliphatic heterocycles. The van der Waals surface area contributed by atoms with Gasteiger partial charge in [-0.05, 0) is 55.4 Å². The van der Waals surface area contributed by atoms with Crippen molar-refractivity contribution in [3.63, 3.8) is 0 Å². The number of hydrogen-bond acceptors (Lipinski definition) is 1. The standard InChI is InChI=1S/C16H16FNO2/c17-11-5-10-6-12-3-4-13(8-15(19)20)18(12)16(10)14(7-11)9-1-2-9/h5-7,9,13H,1-4,8H2,(H,19,20). The van der Waals surface area contributed by atoms with Crippen LogP contribution in [0.1, 0.15) is 48.9 Å². The number of carboxylic acid groups (broad SMARTS) is 1. The third-order valence-corrected chi connectivity index (χ3v) is 4.53. The molecule has 4 rings (SSSR count). The lowest BCUT2D eigenvalue weighted by molar-refractivity contribution is -0.137. The summed E-state index contributed by atoms with van der Waals surface area (Å²) in [6, 6.07) is 5.27. The average Bonchev–Trinajstić information content (AvgIpc) is 3.06. The molecule has 1 fully saturated rings. The van der Waals surface area contributed by atoms with Gasteiger partial charge in [0, 0.05) is 17.1 Å². The van der Waals surface area contributed by atoms with Gasteiger partial charge in [-0.3, -0.25) is 4.79 Å². The maximum atomic E-state index is 13.8. The molecule has 3 nitrogen and oxygen atoms in total. The Bertz CT molecular complexity index is 715. The smallest absolute Gasteiger partial charge is 0.305 e. The molecule has 1 aromatic heterocycles. The number of carboxylic acids is 1. The lowest BCUT2D eigenvalue weighted by atomic mass is 10.0. The number of hydrogen-bond donors (Lipinski definition) is 1. The van der Waals surface area contributed by atoms with Crippen molar-refractivity contribution < 1.29 is 14.3 Å². The Kier molecular flexibility index (Phi) is 2.43. The monoisotopic (exact) mass is 273 g/mol. The van der Waals surface area contributed by atoms with E-state index in [-0.39, 0.29) is 18.3 Å². The fourth-order valence-electron chi connectivity index (χ4n) is 3.58. The van der Waals surface area contributed by atoms with Gasteiger partial charge < -0.3 is 9.67 Å². The largest absolute Gasteiger partial charge is 0.481 e. The fraction of sp³-hybridized carbons (Fsp3) is 0.438. The third kappa shape index (κ3) is 1.74. The van der Waals surface area contributed by atoms with Crippen molar-refractivity contribution >= 4 is 16.9 Å². The van der Waals surface area contributed by atoms with Crippen molar-refractivity contribution in [3.8, 4) is 0 Å². The van der Waals surface area contributed by atoms with E-state index in [2.05, 4.69) is 4.57 Å². The molecule has 2 aliphatic rings. The van der Waals surface area contributed by atoms with Gasteiger partial charge in [-0.1, -0.05) is 0 Å². The number of carbonyl (C=O) groups is 1.